The smallest absolute Gasteiger partial charge is 0.371 e. The Hall–Kier alpha value is -2.41. The fourth-order valence-corrected chi connectivity index (χ4v) is 2.56. The first kappa shape index (κ1) is 17.0. The number of furan rings is 1. The SMILES string of the molecule is COc1ccc(CNC(=O)CSCc2ccc(C(=O)O)o2)cc1. The number of aromatic carboxylic acids is 1. The summed E-state index contributed by atoms with van der Waals surface area (Å²) in [4.78, 5) is 22.4. The van der Waals surface area contributed by atoms with Gasteiger partial charge in [-0.1, -0.05) is 12.1 Å². The number of rotatable bonds is 8. The van der Waals surface area contributed by atoms with Crippen molar-refractivity contribution in [1.29, 1.82) is 0 Å². The summed E-state index contributed by atoms with van der Waals surface area (Å²) in [5.41, 5.74) is 0.987. The molecular formula is C16H17NO5S. The lowest BCUT2D eigenvalue weighted by Crippen LogP contribution is -2.24. The van der Waals surface area contributed by atoms with Crippen molar-refractivity contribution in [1.82, 2.24) is 5.32 Å². The van der Waals surface area contributed by atoms with E-state index >= 15 is 0 Å². The fourth-order valence-electron chi connectivity index (χ4n) is 1.81. The summed E-state index contributed by atoms with van der Waals surface area (Å²) in [6.45, 7) is 0.452. The molecule has 0 spiro atoms. The van der Waals surface area contributed by atoms with Gasteiger partial charge in [0, 0.05) is 6.54 Å². The molecule has 122 valence electrons. The average molecular weight is 335 g/mol. The molecule has 1 heterocycles. The van der Waals surface area contributed by atoms with Crippen LogP contribution in [0.3, 0.4) is 0 Å². The highest BCUT2D eigenvalue weighted by atomic mass is 32.2. The Kier molecular flexibility index (Phi) is 6.10. The van der Waals surface area contributed by atoms with Crippen molar-refractivity contribution < 1.29 is 23.8 Å². The maximum Gasteiger partial charge on any atom is 0.371 e. The summed E-state index contributed by atoms with van der Waals surface area (Å²) >= 11 is 1.36. The van der Waals surface area contributed by atoms with Crippen molar-refractivity contribution in [3.8, 4) is 5.75 Å². The molecule has 0 unspecified atom stereocenters. The second-order valence-corrected chi connectivity index (χ2v) is 5.67. The van der Waals surface area contributed by atoms with Crippen LogP contribution in [-0.2, 0) is 17.1 Å². The Bertz CT molecular complexity index is 665. The number of methoxy groups -OCH3 is 1. The Morgan fingerprint density at radius 2 is 1.96 bits per heavy atom. The molecule has 0 aliphatic rings. The van der Waals surface area contributed by atoms with Crippen LogP contribution in [0.4, 0.5) is 0 Å². The first-order valence-corrected chi connectivity index (χ1v) is 8.03. The molecule has 2 rings (SSSR count). The number of thioether (sulfide) groups is 1. The Morgan fingerprint density at radius 1 is 1.22 bits per heavy atom. The molecular weight excluding hydrogens is 318 g/mol. The number of ether oxygens (including phenoxy) is 1. The van der Waals surface area contributed by atoms with Gasteiger partial charge in [0.25, 0.3) is 0 Å². The lowest BCUT2D eigenvalue weighted by molar-refractivity contribution is -0.118. The van der Waals surface area contributed by atoms with E-state index in [9.17, 15) is 9.59 Å². The molecule has 0 aliphatic heterocycles. The molecule has 0 saturated carbocycles. The summed E-state index contributed by atoms with van der Waals surface area (Å²) in [7, 11) is 1.60. The quantitative estimate of drug-likeness (QED) is 0.771. The number of nitrogens with one attached hydrogen (secondary N) is 1. The van der Waals surface area contributed by atoms with Gasteiger partial charge in [0.05, 0.1) is 18.6 Å². The molecule has 0 bridgehead atoms. The Balaban J connectivity index is 1.69. The largest absolute Gasteiger partial charge is 0.497 e. The van der Waals surface area contributed by atoms with E-state index in [4.69, 9.17) is 14.3 Å². The monoisotopic (exact) mass is 335 g/mol. The third kappa shape index (κ3) is 5.37. The molecule has 1 aromatic carbocycles. The van der Waals surface area contributed by atoms with Crippen LogP contribution in [0.1, 0.15) is 21.9 Å². The molecule has 2 N–H and O–H groups in total. The van der Waals surface area contributed by atoms with Crippen LogP contribution in [0.15, 0.2) is 40.8 Å². The van der Waals surface area contributed by atoms with Crippen molar-refractivity contribution in [2.75, 3.05) is 12.9 Å². The van der Waals surface area contributed by atoms with Crippen LogP contribution in [0.2, 0.25) is 0 Å². The highest BCUT2D eigenvalue weighted by molar-refractivity contribution is 7.99. The van der Waals surface area contributed by atoms with E-state index in [1.54, 1.807) is 13.2 Å². The molecule has 0 saturated heterocycles. The highest BCUT2D eigenvalue weighted by Gasteiger charge is 2.09. The molecule has 0 radical (unpaired) electrons. The van der Waals surface area contributed by atoms with Gasteiger partial charge < -0.3 is 19.6 Å². The Labute approximate surface area is 137 Å². The number of amides is 1. The number of carbonyl (C=O) groups excluding carboxylic acids is 1. The second-order valence-electron chi connectivity index (χ2n) is 4.69. The molecule has 0 aliphatic carbocycles. The maximum absolute atomic E-state index is 11.8. The number of hydrogen-bond acceptors (Lipinski definition) is 5. The summed E-state index contributed by atoms with van der Waals surface area (Å²) < 4.78 is 10.2. The number of carboxylic acid groups (broad SMARTS) is 1. The number of carboxylic acids is 1. The van der Waals surface area contributed by atoms with E-state index in [1.165, 1.54) is 17.8 Å². The molecule has 0 fully saturated rings. The minimum absolute atomic E-state index is 0.0872. The van der Waals surface area contributed by atoms with E-state index in [-0.39, 0.29) is 17.4 Å². The van der Waals surface area contributed by atoms with Crippen molar-refractivity contribution in [2.45, 2.75) is 12.3 Å². The van der Waals surface area contributed by atoms with Crippen LogP contribution in [0.25, 0.3) is 0 Å². The summed E-state index contributed by atoms with van der Waals surface area (Å²) in [5, 5.41) is 11.6. The van der Waals surface area contributed by atoms with E-state index in [2.05, 4.69) is 5.32 Å². The van der Waals surface area contributed by atoms with E-state index in [0.29, 0.717) is 18.1 Å². The van der Waals surface area contributed by atoms with E-state index in [0.717, 1.165) is 11.3 Å². The zero-order chi connectivity index (χ0) is 16.7. The van der Waals surface area contributed by atoms with Gasteiger partial charge in [0.2, 0.25) is 11.7 Å². The summed E-state index contributed by atoms with van der Waals surface area (Å²) in [5.74, 6) is 0.756. The molecule has 23 heavy (non-hydrogen) atoms. The van der Waals surface area contributed by atoms with Crippen molar-refractivity contribution in [3.63, 3.8) is 0 Å². The minimum Gasteiger partial charge on any atom is -0.497 e. The molecule has 1 amide bonds. The molecule has 6 nitrogen and oxygen atoms in total. The minimum atomic E-state index is -1.10. The molecule has 1 aromatic heterocycles. The first-order valence-electron chi connectivity index (χ1n) is 6.88. The zero-order valence-corrected chi connectivity index (χ0v) is 13.4. The second kappa shape index (κ2) is 8.28. The van der Waals surface area contributed by atoms with E-state index in [1.807, 2.05) is 24.3 Å². The van der Waals surface area contributed by atoms with Gasteiger partial charge in [-0.05, 0) is 29.8 Å². The zero-order valence-electron chi connectivity index (χ0n) is 12.6. The predicted octanol–water partition coefficient (Wildman–Crippen LogP) is 2.54. The van der Waals surface area contributed by atoms with Gasteiger partial charge in [-0.25, -0.2) is 4.79 Å². The lowest BCUT2D eigenvalue weighted by Gasteiger charge is -2.06. The molecule has 7 heteroatoms. The summed E-state index contributed by atoms with van der Waals surface area (Å²) in [6.07, 6.45) is 0. The molecule has 0 atom stereocenters. The van der Waals surface area contributed by atoms with Crippen molar-refractivity contribution in [2.24, 2.45) is 0 Å². The van der Waals surface area contributed by atoms with Crippen molar-refractivity contribution >= 4 is 23.6 Å². The lowest BCUT2D eigenvalue weighted by atomic mass is 10.2. The first-order chi connectivity index (χ1) is 11.1. The topological polar surface area (TPSA) is 88.8 Å². The van der Waals surface area contributed by atoms with Crippen LogP contribution in [-0.4, -0.2) is 29.8 Å². The van der Waals surface area contributed by atoms with Gasteiger partial charge in [-0.15, -0.1) is 11.8 Å². The van der Waals surface area contributed by atoms with Crippen molar-refractivity contribution in [3.05, 3.63) is 53.5 Å². The Morgan fingerprint density at radius 3 is 2.57 bits per heavy atom. The third-order valence-corrected chi connectivity index (χ3v) is 3.95. The maximum atomic E-state index is 11.8. The molecule has 2 aromatic rings. The third-order valence-electron chi connectivity index (χ3n) is 3.00. The normalized spacial score (nSPS) is 10.3. The number of carbonyl (C=O) groups is 2. The van der Waals surface area contributed by atoms with Crippen LogP contribution < -0.4 is 10.1 Å². The highest BCUT2D eigenvalue weighted by Crippen LogP contribution is 2.15. The van der Waals surface area contributed by atoms with Gasteiger partial charge in [-0.2, -0.15) is 0 Å². The van der Waals surface area contributed by atoms with Gasteiger partial charge in [0.1, 0.15) is 11.5 Å². The van der Waals surface area contributed by atoms with Crippen LogP contribution >= 0.6 is 11.8 Å². The predicted molar refractivity (Wildman–Crippen MR) is 86.7 cm³/mol. The number of hydrogen-bond donors (Lipinski definition) is 2. The number of benzene rings is 1. The standard InChI is InChI=1S/C16H17NO5S/c1-21-12-4-2-11(3-5-12)8-17-15(18)10-23-9-13-6-7-14(22-13)16(19)20/h2-7H,8-10H2,1H3,(H,17,18)(H,19,20). The average Bonchev–Trinajstić information content (AvgIpc) is 3.02. The van der Waals surface area contributed by atoms with Crippen LogP contribution in [0.5, 0.6) is 5.75 Å². The van der Waals surface area contributed by atoms with Gasteiger partial charge in [-0.3, -0.25) is 4.79 Å². The summed E-state index contributed by atoms with van der Waals surface area (Å²) in [6, 6.07) is 10.5. The van der Waals surface area contributed by atoms with Gasteiger partial charge in [0.15, 0.2) is 0 Å². The van der Waals surface area contributed by atoms with Crippen LogP contribution in [0, 0.1) is 0 Å². The van der Waals surface area contributed by atoms with E-state index < -0.39 is 5.97 Å². The van der Waals surface area contributed by atoms with Gasteiger partial charge >= 0.3 is 5.97 Å². The fraction of sp³-hybridized carbons (Fsp3) is 0.250.